The summed E-state index contributed by atoms with van der Waals surface area (Å²) in [5, 5.41) is 0.868. The number of ether oxygens (including phenoxy) is 2. The number of alkyl halides is 1. The maximum Gasteiger partial charge on any atom is 0.132 e. The van der Waals surface area contributed by atoms with Crippen molar-refractivity contribution < 1.29 is 13.9 Å². The molecule has 5 unspecified atom stereocenters. The van der Waals surface area contributed by atoms with Crippen LogP contribution in [-0.2, 0) is 9.47 Å². The van der Waals surface area contributed by atoms with Gasteiger partial charge in [0.2, 0.25) is 0 Å². The van der Waals surface area contributed by atoms with Gasteiger partial charge in [0.1, 0.15) is 12.3 Å². The molecule has 1 aliphatic carbocycles. The van der Waals surface area contributed by atoms with Gasteiger partial charge in [-0.1, -0.05) is 12.2 Å². The third-order valence-electron chi connectivity index (χ3n) is 5.00. The van der Waals surface area contributed by atoms with E-state index in [2.05, 4.69) is 25.3 Å². The van der Waals surface area contributed by atoms with Gasteiger partial charge in [0, 0.05) is 17.4 Å². The van der Waals surface area contributed by atoms with Crippen LogP contribution in [0.15, 0.2) is 17.1 Å². The van der Waals surface area contributed by atoms with Crippen molar-refractivity contribution in [2.24, 2.45) is 4.99 Å². The molecule has 130 valence electrons. The molecular formula is C18H28FNO2S. The largest absolute Gasteiger partial charge is 0.373 e. The topological polar surface area (TPSA) is 30.8 Å². The third-order valence-corrected chi connectivity index (χ3v) is 6.51. The highest BCUT2D eigenvalue weighted by Gasteiger charge is 2.38. The van der Waals surface area contributed by atoms with E-state index in [1.165, 1.54) is 37.1 Å². The molecule has 3 heterocycles. The third kappa shape index (κ3) is 4.58. The number of halogens is 1. The Labute approximate surface area is 143 Å². The molecule has 0 aromatic carbocycles. The van der Waals surface area contributed by atoms with Crippen molar-refractivity contribution in [1.29, 1.82) is 0 Å². The summed E-state index contributed by atoms with van der Waals surface area (Å²) in [5.74, 6) is 1.37. The van der Waals surface area contributed by atoms with Crippen LogP contribution < -0.4 is 0 Å². The molecule has 3 nitrogen and oxygen atoms in total. The molecule has 0 amide bonds. The van der Waals surface area contributed by atoms with Gasteiger partial charge in [0.15, 0.2) is 0 Å². The molecular weight excluding hydrogens is 313 g/mol. The van der Waals surface area contributed by atoms with E-state index in [4.69, 9.17) is 14.5 Å². The number of thioether (sulfide) groups is 1. The van der Waals surface area contributed by atoms with E-state index in [1.807, 2.05) is 0 Å². The van der Waals surface area contributed by atoms with E-state index < -0.39 is 6.17 Å². The number of hydrogen-bond acceptors (Lipinski definition) is 4. The summed E-state index contributed by atoms with van der Waals surface area (Å²) in [4.78, 5) is 4.70. The maximum absolute atomic E-state index is 13.3. The average molecular weight is 341 g/mol. The predicted octanol–water partition coefficient (Wildman–Crippen LogP) is 3.96. The maximum atomic E-state index is 13.3. The van der Waals surface area contributed by atoms with Crippen LogP contribution in [-0.4, -0.2) is 54.3 Å². The highest BCUT2D eigenvalue weighted by molar-refractivity contribution is 8.00. The Kier molecular flexibility index (Phi) is 6.16. The van der Waals surface area contributed by atoms with Gasteiger partial charge >= 0.3 is 0 Å². The summed E-state index contributed by atoms with van der Waals surface area (Å²) in [6.07, 6.45) is 5.18. The van der Waals surface area contributed by atoms with Gasteiger partial charge in [-0.25, -0.2) is 4.39 Å². The van der Waals surface area contributed by atoms with E-state index in [0.29, 0.717) is 25.7 Å². The van der Waals surface area contributed by atoms with Gasteiger partial charge in [0.05, 0.1) is 25.4 Å². The van der Waals surface area contributed by atoms with Gasteiger partial charge in [-0.3, -0.25) is 4.99 Å². The Morgan fingerprint density at radius 1 is 1.22 bits per heavy atom. The standard InChI is InChI=1S/C9H13FO2.C9H15NS/c1-6-4-7(10)9-8(5-6)11-2-3-12-9;1-7-4-5-9-8(10-7)3-2-6-11-9/h7-9H,1-5H2;8-9H,2-6H2,1H3. The smallest absolute Gasteiger partial charge is 0.132 e. The fourth-order valence-electron chi connectivity index (χ4n) is 3.80. The number of nitrogens with zero attached hydrogens (tertiary/aromatic N) is 1. The van der Waals surface area contributed by atoms with Crippen molar-refractivity contribution in [2.75, 3.05) is 19.0 Å². The molecule has 5 heteroatoms. The Bertz CT molecular complexity index is 456. The molecule has 0 radical (unpaired) electrons. The normalized spacial score (nSPS) is 40.2. The molecule has 23 heavy (non-hydrogen) atoms. The van der Waals surface area contributed by atoms with Crippen LogP contribution in [0, 0.1) is 0 Å². The minimum absolute atomic E-state index is 0.0880. The van der Waals surface area contributed by atoms with E-state index in [0.717, 1.165) is 17.2 Å². The molecule has 0 aromatic heterocycles. The molecule has 0 spiro atoms. The molecule has 5 atom stereocenters. The zero-order valence-corrected chi connectivity index (χ0v) is 14.8. The monoisotopic (exact) mass is 341 g/mol. The molecule has 0 N–H and O–H groups in total. The second kappa shape index (κ2) is 8.13. The van der Waals surface area contributed by atoms with Crippen LogP contribution >= 0.6 is 11.8 Å². The van der Waals surface area contributed by atoms with E-state index in [-0.39, 0.29) is 12.2 Å². The van der Waals surface area contributed by atoms with Crippen molar-refractivity contribution in [2.45, 2.75) is 75.1 Å². The zero-order chi connectivity index (χ0) is 16.2. The molecule has 3 fully saturated rings. The lowest BCUT2D eigenvalue weighted by Crippen LogP contribution is -2.47. The average Bonchev–Trinajstić information content (AvgIpc) is 2.55. The fourth-order valence-corrected chi connectivity index (χ4v) is 5.14. The van der Waals surface area contributed by atoms with Crippen LogP contribution in [0.25, 0.3) is 0 Å². The van der Waals surface area contributed by atoms with Gasteiger partial charge in [-0.15, -0.1) is 0 Å². The summed E-state index contributed by atoms with van der Waals surface area (Å²) in [7, 11) is 0. The van der Waals surface area contributed by atoms with Crippen molar-refractivity contribution in [3.63, 3.8) is 0 Å². The van der Waals surface area contributed by atoms with Crippen molar-refractivity contribution in [1.82, 2.24) is 0 Å². The van der Waals surface area contributed by atoms with Gasteiger partial charge in [0.25, 0.3) is 0 Å². The first-order valence-electron chi connectivity index (χ1n) is 8.82. The summed E-state index contributed by atoms with van der Waals surface area (Å²) >= 11 is 2.14. The van der Waals surface area contributed by atoms with Crippen LogP contribution in [0.3, 0.4) is 0 Å². The van der Waals surface area contributed by atoms with Crippen molar-refractivity contribution >= 4 is 17.5 Å². The summed E-state index contributed by atoms with van der Waals surface area (Å²) in [6.45, 7) is 7.06. The SMILES string of the molecule is C=C1CC(F)C2OCCOC2C1.CC1=NC2CCCSC2CC1. The van der Waals surface area contributed by atoms with Crippen LogP contribution in [0.1, 0.15) is 45.4 Å². The molecule has 1 saturated carbocycles. The highest BCUT2D eigenvalue weighted by atomic mass is 32.2. The van der Waals surface area contributed by atoms with Gasteiger partial charge in [-0.2, -0.15) is 11.8 Å². The number of aliphatic imine (C=N–C) groups is 1. The second-order valence-corrected chi connectivity index (χ2v) is 8.29. The molecule has 2 saturated heterocycles. The lowest BCUT2D eigenvalue weighted by atomic mass is 9.89. The molecule has 0 bridgehead atoms. The molecule has 4 aliphatic rings. The second-order valence-electron chi connectivity index (χ2n) is 6.94. The quantitative estimate of drug-likeness (QED) is 0.625. The Balaban J connectivity index is 0.000000136. The van der Waals surface area contributed by atoms with Crippen LogP contribution in [0.2, 0.25) is 0 Å². The van der Waals surface area contributed by atoms with Crippen molar-refractivity contribution in [3.8, 4) is 0 Å². The lowest BCUT2D eigenvalue weighted by Gasteiger charge is -2.38. The zero-order valence-electron chi connectivity index (χ0n) is 14.0. The predicted molar refractivity (Wildman–Crippen MR) is 94.4 cm³/mol. The summed E-state index contributed by atoms with van der Waals surface area (Å²) in [5.41, 5.74) is 2.32. The van der Waals surface area contributed by atoms with Crippen molar-refractivity contribution in [3.05, 3.63) is 12.2 Å². The van der Waals surface area contributed by atoms with Gasteiger partial charge in [-0.05, 0) is 44.8 Å². The first-order chi connectivity index (χ1) is 11.1. The Morgan fingerprint density at radius 2 is 2.04 bits per heavy atom. The fraction of sp³-hybridized carbons (Fsp3) is 0.833. The highest BCUT2D eigenvalue weighted by Crippen LogP contribution is 2.34. The first kappa shape index (κ1) is 17.4. The van der Waals surface area contributed by atoms with E-state index in [9.17, 15) is 4.39 Å². The number of hydrogen-bond donors (Lipinski definition) is 0. The van der Waals surface area contributed by atoms with Gasteiger partial charge < -0.3 is 9.47 Å². The van der Waals surface area contributed by atoms with Crippen LogP contribution in [0.4, 0.5) is 4.39 Å². The summed E-state index contributed by atoms with van der Waals surface area (Å²) < 4.78 is 24.0. The molecule has 0 aromatic rings. The van der Waals surface area contributed by atoms with E-state index >= 15 is 0 Å². The molecule has 3 aliphatic heterocycles. The summed E-state index contributed by atoms with van der Waals surface area (Å²) in [6, 6.07) is 0.683. The van der Waals surface area contributed by atoms with Crippen LogP contribution in [0.5, 0.6) is 0 Å². The Hall–Kier alpha value is -0.390. The minimum Gasteiger partial charge on any atom is -0.373 e. The molecule has 4 rings (SSSR count). The minimum atomic E-state index is -0.920. The lowest BCUT2D eigenvalue weighted by molar-refractivity contribution is -0.169. The Morgan fingerprint density at radius 3 is 2.91 bits per heavy atom. The first-order valence-corrected chi connectivity index (χ1v) is 9.87. The van der Waals surface area contributed by atoms with E-state index in [1.54, 1.807) is 0 Å². The number of fused-ring (bicyclic) bond motifs is 2. The number of rotatable bonds is 0.